The molecule has 30 heavy (non-hydrogen) atoms. The molecule has 160 valence electrons. The van der Waals surface area contributed by atoms with Gasteiger partial charge in [-0.2, -0.15) is 13.2 Å². The van der Waals surface area contributed by atoms with Crippen molar-refractivity contribution < 1.29 is 32.2 Å². The van der Waals surface area contributed by atoms with Gasteiger partial charge in [-0.1, -0.05) is 12.1 Å². The lowest BCUT2D eigenvalue weighted by Gasteiger charge is -2.14. The molecule has 1 aromatic carbocycles. The number of ether oxygens (including phenoxy) is 2. The predicted molar refractivity (Wildman–Crippen MR) is 101 cm³/mol. The maximum absolute atomic E-state index is 12.5. The van der Waals surface area contributed by atoms with E-state index in [1.54, 1.807) is 24.3 Å². The number of nitrogens with zero attached hydrogens (tertiary/aromatic N) is 1. The van der Waals surface area contributed by atoms with Gasteiger partial charge in [0.1, 0.15) is 0 Å². The van der Waals surface area contributed by atoms with E-state index in [-0.39, 0.29) is 29.0 Å². The van der Waals surface area contributed by atoms with Gasteiger partial charge in [0.2, 0.25) is 5.88 Å². The first-order valence-corrected chi connectivity index (χ1v) is 9.27. The van der Waals surface area contributed by atoms with Gasteiger partial charge in [-0.3, -0.25) is 9.59 Å². The number of amides is 2. The molecule has 1 aliphatic rings. The van der Waals surface area contributed by atoms with Crippen LogP contribution >= 0.6 is 0 Å². The second-order valence-corrected chi connectivity index (χ2v) is 6.63. The van der Waals surface area contributed by atoms with Crippen LogP contribution in [0.3, 0.4) is 0 Å². The highest BCUT2D eigenvalue weighted by Crippen LogP contribution is 2.19. The molecule has 0 saturated carbocycles. The van der Waals surface area contributed by atoms with E-state index >= 15 is 0 Å². The molecule has 1 atom stereocenters. The van der Waals surface area contributed by atoms with Gasteiger partial charge in [0, 0.05) is 25.4 Å². The fourth-order valence-electron chi connectivity index (χ4n) is 2.85. The SMILES string of the molecule is O=C(Nc1ccccc1C(=O)NC[C@H]1CCCO1)c1ccc(OCC(F)(F)F)nc1. The molecular formula is C20H20F3N3O4. The average molecular weight is 423 g/mol. The molecule has 1 aromatic heterocycles. The Morgan fingerprint density at radius 2 is 1.97 bits per heavy atom. The first kappa shape index (κ1) is 21.6. The Bertz CT molecular complexity index is 882. The lowest BCUT2D eigenvalue weighted by atomic mass is 10.1. The molecule has 0 radical (unpaired) electrons. The van der Waals surface area contributed by atoms with Crippen molar-refractivity contribution in [3.05, 3.63) is 53.7 Å². The van der Waals surface area contributed by atoms with Crippen molar-refractivity contribution >= 4 is 17.5 Å². The Kier molecular flexibility index (Phi) is 6.88. The molecule has 7 nitrogen and oxygen atoms in total. The number of nitrogens with one attached hydrogen (secondary N) is 2. The largest absolute Gasteiger partial charge is 0.468 e. The number of hydrogen-bond acceptors (Lipinski definition) is 5. The number of rotatable bonds is 7. The van der Waals surface area contributed by atoms with E-state index in [9.17, 15) is 22.8 Å². The summed E-state index contributed by atoms with van der Waals surface area (Å²) in [6.07, 6.45) is -1.55. The maximum atomic E-state index is 12.5. The number of benzene rings is 1. The van der Waals surface area contributed by atoms with Gasteiger partial charge in [0.25, 0.3) is 11.8 Å². The number of hydrogen-bond donors (Lipinski definition) is 2. The smallest absolute Gasteiger partial charge is 0.422 e. The molecule has 1 saturated heterocycles. The lowest BCUT2D eigenvalue weighted by molar-refractivity contribution is -0.154. The third-order valence-corrected chi connectivity index (χ3v) is 4.32. The van der Waals surface area contributed by atoms with E-state index in [1.807, 2.05) is 0 Å². The molecule has 2 aromatic rings. The highest BCUT2D eigenvalue weighted by molar-refractivity contribution is 6.08. The van der Waals surface area contributed by atoms with Crippen LogP contribution in [0.4, 0.5) is 18.9 Å². The molecule has 0 spiro atoms. The zero-order valence-corrected chi connectivity index (χ0v) is 15.9. The zero-order valence-electron chi connectivity index (χ0n) is 15.9. The fourth-order valence-corrected chi connectivity index (χ4v) is 2.85. The molecule has 2 N–H and O–H groups in total. The summed E-state index contributed by atoms with van der Waals surface area (Å²) >= 11 is 0. The van der Waals surface area contributed by atoms with E-state index < -0.39 is 18.7 Å². The van der Waals surface area contributed by atoms with Gasteiger partial charge in [-0.05, 0) is 31.0 Å². The van der Waals surface area contributed by atoms with Crippen molar-refractivity contribution in [1.82, 2.24) is 10.3 Å². The highest BCUT2D eigenvalue weighted by Gasteiger charge is 2.28. The van der Waals surface area contributed by atoms with Crippen LogP contribution in [-0.2, 0) is 4.74 Å². The maximum Gasteiger partial charge on any atom is 0.422 e. The monoisotopic (exact) mass is 423 g/mol. The molecule has 10 heteroatoms. The second kappa shape index (κ2) is 9.57. The van der Waals surface area contributed by atoms with E-state index in [4.69, 9.17) is 4.74 Å². The van der Waals surface area contributed by atoms with Crippen molar-refractivity contribution in [2.75, 3.05) is 25.1 Å². The summed E-state index contributed by atoms with van der Waals surface area (Å²) < 4.78 is 46.5. The first-order chi connectivity index (χ1) is 14.3. The van der Waals surface area contributed by atoms with Crippen LogP contribution < -0.4 is 15.4 Å². The Hall–Kier alpha value is -3.14. The third-order valence-electron chi connectivity index (χ3n) is 4.32. The summed E-state index contributed by atoms with van der Waals surface area (Å²) in [4.78, 5) is 28.7. The standard InChI is InChI=1S/C20H20F3N3O4/c21-20(22,23)12-30-17-8-7-13(10-24-17)18(27)26-16-6-2-1-5-15(16)19(28)25-11-14-4-3-9-29-14/h1-2,5-8,10,14H,3-4,9,11-12H2,(H,25,28)(H,26,27)/t14-/m1/s1. The van der Waals surface area contributed by atoms with Crippen molar-refractivity contribution in [2.24, 2.45) is 0 Å². The molecule has 2 heterocycles. The Labute approximate surface area is 170 Å². The van der Waals surface area contributed by atoms with E-state index in [2.05, 4.69) is 20.4 Å². The summed E-state index contributed by atoms with van der Waals surface area (Å²) in [6.45, 7) is -0.411. The number of aromatic nitrogens is 1. The number of carbonyl (C=O) groups is 2. The van der Waals surface area contributed by atoms with Crippen LogP contribution in [0.5, 0.6) is 5.88 Å². The number of anilines is 1. The minimum Gasteiger partial charge on any atom is -0.468 e. The summed E-state index contributed by atoms with van der Waals surface area (Å²) in [7, 11) is 0. The van der Waals surface area contributed by atoms with E-state index in [0.717, 1.165) is 19.0 Å². The molecule has 1 fully saturated rings. The van der Waals surface area contributed by atoms with Crippen molar-refractivity contribution in [2.45, 2.75) is 25.1 Å². The van der Waals surface area contributed by atoms with Crippen LogP contribution in [0.25, 0.3) is 0 Å². The Morgan fingerprint density at radius 3 is 2.63 bits per heavy atom. The molecular weight excluding hydrogens is 403 g/mol. The zero-order chi connectivity index (χ0) is 21.6. The minimum absolute atomic E-state index is 0.0140. The Morgan fingerprint density at radius 1 is 1.17 bits per heavy atom. The Balaban J connectivity index is 1.61. The summed E-state index contributed by atoms with van der Waals surface area (Å²) in [6, 6.07) is 8.94. The minimum atomic E-state index is -4.48. The molecule has 0 unspecified atom stereocenters. The van der Waals surface area contributed by atoms with Crippen LogP contribution in [0.15, 0.2) is 42.6 Å². The van der Waals surface area contributed by atoms with Gasteiger partial charge in [-0.15, -0.1) is 0 Å². The summed E-state index contributed by atoms with van der Waals surface area (Å²) in [5.41, 5.74) is 0.676. The normalized spacial score (nSPS) is 16.2. The van der Waals surface area contributed by atoms with Crippen molar-refractivity contribution in [1.29, 1.82) is 0 Å². The van der Waals surface area contributed by atoms with Crippen LogP contribution in [0.2, 0.25) is 0 Å². The van der Waals surface area contributed by atoms with E-state index in [0.29, 0.717) is 18.8 Å². The van der Waals surface area contributed by atoms with Crippen LogP contribution in [-0.4, -0.2) is 48.8 Å². The summed E-state index contributed by atoms with van der Waals surface area (Å²) in [5, 5.41) is 5.41. The summed E-state index contributed by atoms with van der Waals surface area (Å²) in [5.74, 6) is -1.17. The molecule has 1 aliphatic heterocycles. The second-order valence-electron chi connectivity index (χ2n) is 6.63. The predicted octanol–water partition coefficient (Wildman–Crippen LogP) is 3.18. The molecule has 0 aliphatic carbocycles. The van der Waals surface area contributed by atoms with Gasteiger partial charge in [-0.25, -0.2) is 4.98 Å². The molecule has 2 amide bonds. The average Bonchev–Trinajstić information content (AvgIpc) is 3.24. The number of para-hydroxylation sites is 1. The van der Waals surface area contributed by atoms with Crippen LogP contribution in [0.1, 0.15) is 33.6 Å². The van der Waals surface area contributed by atoms with E-state index in [1.165, 1.54) is 12.1 Å². The van der Waals surface area contributed by atoms with Crippen LogP contribution in [0, 0.1) is 0 Å². The number of alkyl halides is 3. The number of carbonyl (C=O) groups excluding carboxylic acids is 2. The van der Waals surface area contributed by atoms with Gasteiger partial charge in [0.05, 0.1) is 22.9 Å². The van der Waals surface area contributed by atoms with Crippen molar-refractivity contribution in [3.63, 3.8) is 0 Å². The van der Waals surface area contributed by atoms with Gasteiger partial charge >= 0.3 is 6.18 Å². The molecule has 0 bridgehead atoms. The topological polar surface area (TPSA) is 89.6 Å². The number of pyridine rings is 1. The lowest BCUT2D eigenvalue weighted by Crippen LogP contribution is -2.32. The van der Waals surface area contributed by atoms with Gasteiger partial charge < -0.3 is 20.1 Å². The molecule has 3 rings (SSSR count). The third kappa shape index (κ3) is 6.18. The quantitative estimate of drug-likeness (QED) is 0.714. The fraction of sp³-hybridized carbons (Fsp3) is 0.350. The highest BCUT2D eigenvalue weighted by atomic mass is 19.4. The number of halogens is 3. The van der Waals surface area contributed by atoms with Crippen molar-refractivity contribution in [3.8, 4) is 5.88 Å². The van der Waals surface area contributed by atoms with Gasteiger partial charge in [0.15, 0.2) is 6.61 Å². The first-order valence-electron chi connectivity index (χ1n) is 9.27.